The van der Waals surface area contributed by atoms with E-state index < -0.39 is 0 Å². The molecule has 23 heavy (non-hydrogen) atoms. The maximum atomic E-state index is 13.0. The van der Waals surface area contributed by atoms with Crippen LogP contribution in [0.1, 0.15) is 40.5 Å². The summed E-state index contributed by atoms with van der Waals surface area (Å²) in [4.78, 5) is 29.1. The van der Waals surface area contributed by atoms with Crippen molar-refractivity contribution in [1.29, 1.82) is 0 Å². The minimum absolute atomic E-state index is 0.0207. The van der Waals surface area contributed by atoms with E-state index in [9.17, 15) is 9.59 Å². The molecule has 2 amide bonds. The van der Waals surface area contributed by atoms with Crippen molar-refractivity contribution >= 4 is 11.8 Å². The van der Waals surface area contributed by atoms with E-state index >= 15 is 0 Å². The zero-order valence-electron chi connectivity index (χ0n) is 14.9. The average molecular weight is 325 g/mol. The Hall–Kier alpha value is -1.14. The van der Waals surface area contributed by atoms with E-state index in [-0.39, 0.29) is 41.8 Å². The normalized spacial score (nSPS) is 24.2. The van der Waals surface area contributed by atoms with Gasteiger partial charge in [-0.25, -0.2) is 0 Å². The minimum Gasteiger partial charge on any atom is -0.381 e. The second-order valence-corrected chi connectivity index (χ2v) is 7.66. The van der Waals surface area contributed by atoms with E-state index in [0.717, 1.165) is 12.8 Å². The number of hydrogen-bond acceptors (Lipinski definition) is 4. The molecule has 0 aromatic heterocycles. The van der Waals surface area contributed by atoms with Crippen LogP contribution in [-0.2, 0) is 14.3 Å². The topological polar surface area (TPSA) is 75.9 Å². The Balaban J connectivity index is 2.11. The Morgan fingerprint density at radius 1 is 1.35 bits per heavy atom. The SMILES string of the molecule is CC(C)N1C(=O)CN(C(=O)C(CN)C2CCOCC2)CC1(C)C. The summed E-state index contributed by atoms with van der Waals surface area (Å²) in [5, 5.41) is 0. The zero-order chi connectivity index (χ0) is 17.2. The molecule has 2 heterocycles. The van der Waals surface area contributed by atoms with Crippen LogP contribution in [-0.4, -0.2) is 66.0 Å². The molecule has 1 unspecified atom stereocenters. The lowest BCUT2D eigenvalue weighted by Crippen LogP contribution is -2.65. The van der Waals surface area contributed by atoms with Crippen molar-refractivity contribution < 1.29 is 14.3 Å². The van der Waals surface area contributed by atoms with Crippen molar-refractivity contribution in [2.24, 2.45) is 17.6 Å². The largest absolute Gasteiger partial charge is 0.381 e. The maximum Gasteiger partial charge on any atom is 0.242 e. The highest BCUT2D eigenvalue weighted by atomic mass is 16.5. The van der Waals surface area contributed by atoms with Gasteiger partial charge < -0.3 is 20.3 Å². The lowest BCUT2D eigenvalue weighted by atomic mass is 9.84. The van der Waals surface area contributed by atoms with Crippen molar-refractivity contribution in [3.63, 3.8) is 0 Å². The third kappa shape index (κ3) is 3.86. The molecule has 6 heteroatoms. The van der Waals surface area contributed by atoms with Gasteiger partial charge >= 0.3 is 0 Å². The van der Waals surface area contributed by atoms with E-state index in [0.29, 0.717) is 26.3 Å². The Kier molecular flexibility index (Phi) is 5.68. The van der Waals surface area contributed by atoms with Crippen LogP contribution in [0.25, 0.3) is 0 Å². The Bertz CT molecular complexity index is 444. The van der Waals surface area contributed by atoms with E-state index in [2.05, 4.69) is 0 Å². The first-order chi connectivity index (χ1) is 10.8. The Labute approximate surface area is 139 Å². The van der Waals surface area contributed by atoms with Crippen LogP contribution < -0.4 is 5.73 Å². The Morgan fingerprint density at radius 3 is 2.43 bits per heavy atom. The zero-order valence-corrected chi connectivity index (χ0v) is 14.9. The average Bonchev–Trinajstić information content (AvgIpc) is 2.46. The molecule has 0 aromatic rings. The summed E-state index contributed by atoms with van der Waals surface area (Å²) in [7, 11) is 0. The van der Waals surface area contributed by atoms with Crippen LogP contribution in [0, 0.1) is 11.8 Å². The van der Waals surface area contributed by atoms with E-state index in [1.165, 1.54) is 0 Å². The van der Waals surface area contributed by atoms with Gasteiger partial charge in [-0.3, -0.25) is 9.59 Å². The predicted molar refractivity (Wildman–Crippen MR) is 88.7 cm³/mol. The van der Waals surface area contributed by atoms with Gasteiger partial charge in [0.1, 0.15) is 0 Å². The monoisotopic (exact) mass is 325 g/mol. The number of carbonyl (C=O) groups is 2. The Morgan fingerprint density at radius 2 is 1.96 bits per heavy atom. The molecule has 6 nitrogen and oxygen atoms in total. The third-order valence-corrected chi connectivity index (χ3v) is 5.06. The molecule has 2 saturated heterocycles. The molecule has 0 bridgehead atoms. The molecule has 2 N–H and O–H groups in total. The van der Waals surface area contributed by atoms with Gasteiger partial charge in [-0.1, -0.05) is 0 Å². The van der Waals surface area contributed by atoms with Crippen molar-refractivity contribution in [1.82, 2.24) is 9.80 Å². The van der Waals surface area contributed by atoms with Gasteiger partial charge in [0.15, 0.2) is 0 Å². The second-order valence-electron chi connectivity index (χ2n) is 7.66. The lowest BCUT2D eigenvalue weighted by molar-refractivity contribution is -0.158. The molecule has 132 valence electrons. The van der Waals surface area contributed by atoms with Crippen molar-refractivity contribution in [2.45, 2.75) is 52.1 Å². The summed E-state index contributed by atoms with van der Waals surface area (Å²) >= 11 is 0. The van der Waals surface area contributed by atoms with E-state index in [1.54, 1.807) is 4.90 Å². The summed E-state index contributed by atoms with van der Waals surface area (Å²) in [5.74, 6) is 0.118. The molecule has 0 aliphatic carbocycles. The number of piperazine rings is 1. The molecule has 0 radical (unpaired) electrons. The van der Waals surface area contributed by atoms with Gasteiger partial charge in [0.05, 0.1) is 18.0 Å². The first-order valence-corrected chi connectivity index (χ1v) is 8.66. The maximum absolute atomic E-state index is 13.0. The highest BCUT2D eigenvalue weighted by molar-refractivity contribution is 5.88. The second kappa shape index (κ2) is 7.18. The number of nitrogens with two attached hydrogens (primary N) is 1. The third-order valence-electron chi connectivity index (χ3n) is 5.06. The summed E-state index contributed by atoms with van der Waals surface area (Å²) in [6, 6.07) is 0.135. The van der Waals surface area contributed by atoms with E-state index in [1.807, 2.05) is 32.6 Å². The summed E-state index contributed by atoms with van der Waals surface area (Å²) in [6.45, 7) is 10.5. The van der Waals surface area contributed by atoms with Gasteiger partial charge in [-0.15, -0.1) is 0 Å². The predicted octanol–water partition coefficient (Wildman–Crippen LogP) is 0.846. The highest BCUT2D eigenvalue weighted by Crippen LogP contribution is 2.29. The number of hydrogen-bond donors (Lipinski definition) is 1. The molecule has 0 aromatic carbocycles. The molecule has 2 fully saturated rings. The molecule has 2 rings (SSSR count). The van der Waals surface area contributed by atoms with Gasteiger partial charge in [0.25, 0.3) is 0 Å². The van der Waals surface area contributed by atoms with Gasteiger partial charge in [-0.2, -0.15) is 0 Å². The van der Waals surface area contributed by atoms with Crippen LogP contribution in [0.2, 0.25) is 0 Å². The van der Waals surface area contributed by atoms with Crippen molar-refractivity contribution in [3.05, 3.63) is 0 Å². The van der Waals surface area contributed by atoms with Crippen LogP contribution >= 0.6 is 0 Å². The van der Waals surface area contributed by atoms with Crippen LogP contribution in [0.3, 0.4) is 0 Å². The molecule has 1 atom stereocenters. The number of amides is 2. The molecular weight excluding hydrogens is 294 g/mol. The fraction of sp³-hybridized carbons (Fsp3) is 0.882. The van der Waals surface area contributed by atoms with E-state index in [4.69, 9.17) is 10.5 Å². The van der Waals surface area contributed by atoms with Crippen molar-refractivity contribution in [2.75, 3.05) is 32.8 Å². The molecular formula is C17H31N3O3. The van der Waals surface area contributed by atoms with Gasteiger partial charge in [-0.05, 0) is 46.5 Å². The molecule has 2 aliphatic heterocycles. The number of nitrogens with zero attached hydrogens (tertiary/aromatic N) is 2. The minimum atomic E-state index is -0.353. The summed E-state index contributed by atoms with van der Waals surface area (Å²) < 4.78 is 5.38. The van der Waals surface area contributed by atoms with Crippen molar-refractivity contribution in [3.8, 4) is 0 Å². The fourth-order valence-corrected chi connectivity index (χ4v) is 4.17. The number of ether oxygens (including phenoxy) is 1. The molecule has 0 spiro atoms. The highest BCUT2D eigenvalue weighted by Gasteiger charge is 2.43. The molecule has 0 saturated carbocycles. The summed E-state index contributed by atoms with van der Waals surface area (Å²) in [6.07, 6.45) is 1.74. The number of rotatable bonds is 4. The quantitative estimate of drug-likeness (QED) is 0.831. The fourth-order valence-electron chi connectivity index (χ4n) is 4.17. The van der Waals surface area contributed by atoms with Crippen LogP contribution in [0.5, 0.6) is 0 Å². The smallest absolute Gasteiger partial charge is 0.242 e. The van der Waals surface area contributed by atoms with Gasteiger partial charge in [0, 0.05) is 32.3 Å². The van der Waals surface area contributed by atoms with Crippen LogP contribution in [0.15, 0.2) is 0 Å². The summed E-state index contributed by atoms with van der Waals surface area (Å²) in [5.41, 5.74) is 5.55. The first kappa shape index (κ1) is 18.2. The van der Waals surface area contributed by atoms with Crippen LogP contribution in [0.4, 0.5) is 0 Å². The van der Waals surface area contributed by atoms with Gasteiger partial charge in [0.2, 0.25) is 11.8 Å². The lowest BCUT2D eigenvalue weighted by Gasteiger charge is -2.49. The first-order valence-electron chi connectivity index (χ1n) is 8.66. The number of carbonyl (C=O) groups excluding carboxylic acids is 2. The standard InChI is InChI=1S/C17H31N3O3/c1-12(2)20-15(21)10-19(11-17(20,3)4)16(22)14(9-18)13-5-7-23-8-6-13/h12-14H,5-11,18H2,1-4H3. The molecule has 2 aliphatic rings.